The molecule has 4 atom stereocenters. The summed E-state index contributed by atoms with van der Waals surface area (Å²) in [6.45, 7) is -0.551. The molecule has 0 spiro atoms. The highest BCUT2D eigenvalue weighted by Crippen LogP contribution is 2.40. The maximum absolute atomic E-state index is 10.8. The maximum Gasteiger partial charge on any atom is 0.306 e. The van der Waals surface area contributed by atoms with Crippen molar-refractivity contribution in [3.8, 4) is 0 Å². The van der Waals surface area contributed by atoms with Gasteiger partial charge in [0.15, 0.2) is 0 Å². The lowest BCUT2D eigenvalue weighted by molar-refractivity contribution is -0.143. The Morgan fingerprint density at radius 3 is 2.21 bits per heavy atom. The molecule has 1 rings (SSSR count). The van der Waals surface area contributed by atoms with Gasteiger partial charge >= 0.3 is 5.97 Å². The van der Waals surface area contributed by atoms with E-state index in [0.717, 1.165) is 0 Å². The van der Waals surface area contributed by atoms with Gasteiger partial charge in [0, 0.05) is 25.0 Å². The summed E-state index contributed by atoms with van der Waals surface area (Å²) >= 11 is 0. The standard InChI is InChI=1S/C9H14O5/c10-2-5-1-6(9(13)14)8(4-12)7(5)3-11/h2,5-8,11-12H,1,3-4H2,(H,13,14)/t5-,6-,7-,8+/m1/s1. The monoisotopic (exact) mass is 202 g/mol. The molecule has 5 nitrogen and oxygen atoms in total. The summed E-state index contributed by atoms with van der Waals surface area (Å²) < 4.78 is 0. The van der Waals surface area contributed by atoms with Crippen LogP contribution < -0.4 is 0 Å². The molecule has 5 heteroatoms. The van der Waals surface area contributed by atoms with Crippen LogP contribution in [0.5, 0.6) is 0 Å². The number of carbonyl (C=O) groups is 2. The van der Waals surface area contributed by atoms with Crippen LogP contribution in [0.1, 0.15) is 6.42 Å². The van der Waals surface area contributed by atoms with Crippen LogP contribution in [0.2, 0.25) is 0 Å². The fraction of sp³-hybridized carbons (Fsp3) is 0.778. The summed E-state index contributed by atoms with van der Waals surface area (Å²) in [7, 11) is 0. The minimum absolute atomic E-state index is 0.218. The van der Waals surface area contributed by atoms with E-state index in [2.05, 4.69) is 0 Å². The number of aldehydes is 1. The van der Waals surface area contributed by atoms with E-state index >= 15 is 0 Å². The first-order chi connectivity index (χ1) is 6.65. The molecule has 1 fully saturated rings. The highest BCUT2D eigenvalue weighted by molar-refractivity contribution is 5.72. The van der Waals surface area contributed by atoms with E-state index in [9.17, 15) is 9.59 Å². The molecule has 0 radical (unpaired) electrons. The largest absolute Gasteiger partial charge is 0.481 e. The van der Waals surface area contributed by atoms with Crippen LogP contribution >= 0.6 is 0 Å². The molecule has 0 saturated heterocycles. The average Bonchev–Trinajstić information content (AvgIpc) is 2.54. The van der Waals surface area contributed by atoms with Crippen molar-refractivity contribution in [1.29, 1.82) is 0 Å². The Morgan fingerprint density at radius 1 is 1.29 bits per heavy atom. The lowest BCUT2D eigenvalue weighted by Crippen LogP contribution is -2.28. The van der Waals surface area contributed by atoms with Gasteiger partial charge in [0.05, 0.1) is 5.92 Å². The van der Waals surface area contributed by atoms with Crippen molar-refractivity contribution in [3.05, 3.63) is 0 Å². The Labute approximate surface area is 81.4 Å². The van der Waals surface area contributed by atoms with Gasteiger partial charge < -0.3 is 20.1 Å². The third-order valence-corrected chi connectivity index (χ3v) is 3.06. The van der Waals surface area contributed by atoms with E-state index in [-0.39, 0.29) is 19.6 Å². The molecule has 0 bridgehead atoms. The van der Waals surface area contributed by atoms with E-state index in [0.29, 0.717) is 6.29 Å². The molecular weight excluding hydrogens is 188 g/mol. The maximum atomic E-state index is 10.8. The second-order valence-corrected chi connectivity index (χ2v) is 3.67. The highest BCUT2D eigenvalue weighted by Gasteiger charge is 2.45. The molecule has 0 aliphatic heterocycles. The van der Waals surface area contributed by atoms with Crippen molar-refractivity contribution in [2.45, 2.75) is 6.42 Å². The van der Waals surface area contributed by atoms with Crippen molar-refractivity contribution in [1.82, 2.24) is 0 Å². The lowest BCUT2D eigenvalue weighted by atomic mass is 9.88. The van der Waals surface area contributed by atoms with Crippen LogP contribution in [0.15, 0.2) is 0 Å². The van der Waals surface area contributed by atoms with E-state index in [1.807, 2.05) is 0 Å². The summed E-state index contributed by atoms with van der Waals surface area (Å²) in [6, 6.07) is 0. The number of aliphatic hydroxyl groups is 2. The van der Waals surface area contributed by atoms with Gasteiger partial charge in [-0.25, -0.2) is 0 Å². The first kappa shape index (κ1) is 11.1. The zero-order chi connectivity index (χ0) is 10.7. The van der Waals surface area contributed by atoms with Crippen molar-refractivity contribution < 1.29 is 24.9 Å². The van der Waals surface area contributed by atoms with Gasteiger partial charge in [-0.05, 0) is 12.3 Å². The van der Waals surface area contributed by atoms with Gasteiger partial charge in [-0.2, -0.15) is 0 Å². The molecule has 1 saturated carbocycles. The lowest BCUT2D eigenvalue weighted by Gasteiger charge is -2.19. The second-order valence-electron chi connectivity index (χ2n) is 3.67. The van der Waals surface area contributed by atoms with Gasteiger partial charge in [0.1, 0.15) is 6.29 Å². The third-order valence-electron chi connectivity index (χ3n) is 3.06. The Balaban J connectivity index is 2.83. The van der Waals surface area contributed by atoms with Crippen molar-refractivity contribution >= 4 is 12.3 Å². The summed E-state index contributed by atoms with van der Waals surface area (Å²) in [6.07, 6.45) is 0.891. The molecule has 0 unspecified atom stereocenters. The van der Waals surface area contributed by atoms with E-state index < -0.39 is 29.6 Å². The zero-order valence-electron chi connectivity index (χ0n) is 7.67. The molecule has 0 aromatic heterocycles. The van der Waals surface area contributed by atoms with Crippen LogP contribution in [-0.2, 0) is 9.59 Å². The fourth-order valence-corrected chi connectivity index (χ4v) is 2.23. The van der Waals surface area contributed by atoms with Crippen LogP contribution in [-0.4, -0.2) is 40.8 Å². The van der Waals surface area contributed by atoms with Crippen molar-refractivity contribution in [2.24, 2.45) is 23.7 Å². The number of hydrogen-bond donors (Lipinski definition) is 3. The highest BCUT2D eigenvalue weighted by atomic mass is 16.4. The first-order valence-electron chi connectivity index (χ1n) is 4.55. The Bertz CT molecular complexity index is 227. The molecule has 0 aromatic rings. The Hall–Kier alpha value is -0.940. The summed E-state index contributed by atoms with van der Waals surface area (Å²) in [5.41, 5.74) is 0. The fourth-order valence-electron chi connectivity index (χ4n) is 2.23. The Kier molecular flexibility index (Phi) is 3.60. The topological polar surface area (TPSA) is 94.8 Å². The van der Waals surface area contributed by atoms with Crippen LogP contribution in [0.25, 0.3) is 0 Å². The normalized spacial score (nSPS) is 37.0. The van der Waals surface area contributed by atoms with Gasteiger partial charge in [0.2, 0.25) is 0 Å². The number of hydrogen-bond acceptors (Lipinski definition) is 4. The molecule has 0 aromatic carbocycles. The molecule has 1 aliphatic rings. The SMILES string of the molecule is O=C[C@H]1C[C@@H](C(=O)O)[C@H](CO)[C@@H]1CO. The van der Waals surface area contributed by atoms with Crippen LogP contribution in [0.3, 0.4) is 0 Å². The molecule has 0 amide bonds. The second kappa shape index (κ2) is 4.52. The zero-order valence-corrected chi connectivity index (χ0v) is 7.67. The van der Waals surface area contributed by atoms with Crippen molar-refractivity contribution in [3.63, 3.8) is 0 Å². The summed E-state index contributed by atoms with van der Waals surface area (Å²) in [5.74, 6) is -3.09. The summed E-state index contributed by atoms with van der Waals surface area (Å²) in [4.78, 5) is 21.4. The number of carboxylic acid groups (broad SMARTS) is 1. The van der Waals surface area contributed by atoms with Gasteiger partial charge in [-0.3, -0.25) is 4.79 Å². The number of aliphatic carboxylic acids is 1. The van der Waals surface area contributed by atoms with Crippen molar-refractivity contribution in [2.75, 3.05) is 13.2 Å². The molecule has 80 valence electrons. The van der Waals surface area contributed by atoms with E-state index in [1.54, 1.807) is 0 Å². The number of aliphatic hydroxyl groups excluding tert-OH is 2. The van der Waals surface area contributed by atoms with Gasteiger partial charge in [-0.1, -0.05) is 0 Å². The number of carboxylic acids is 1. The average molecular weight is 202 g/mol. The Morgan fingerprint density at radius 2 is 1.86 bits per heavy atom. The third kappa shape index (κ3) is 1.78. The summed E-state index contributed by atoms with van der Waals surface area (Å²) in [5, 5.41) is 26.8. The van der Waals surface area contributed by atoms with Crippen LogP contribution in [0, 0.1) is 23.7 Å². The predicted molar refractivity (Wildman–Crippen MR) is 46.4 cm³/mol. The molecule has 3 N–H and O–H groups in total. The van der Waals surface area contributed by atoms with E-state index in [1.165, 1.54) is 0 Å². The van der Waals surface area contributed by atoms with Gasteiger partial charge in [0.25, 0.3) is 0 Å². The molecule has 0 heterocycles. The minimum Gasteiger partial charge on any atom is -0.481 e. The van der Waals surface area contributed by atoms with Crippen LogP contribution in [0.4, 0.5) is 0 Å². The first-order valence-corrected chi connectivity index (χ1v) is 4.55. The number of rotatable bonds is 4. The quantitative estimate of drug-likeness (QED) is 0.515. The molecule has 1 aliphatic carbocycles. The smallest absolute Gasteiger partial charge is 0.306 e. The number of carbonyl (C=O) groups excluding carboxylic acids is 1. The minimum atomic E-state index is -1.01. The molecule has 14 heavy (non-hydrogen) atoms. The predicted octanol–water partition coefficient (Wildman–Crippen LogP) is -0.877. The molecular formula is C9H14O5. The van der Waals surface area contributed by atoms with Gasteiger partial charge in [-0.15, -0.1) is 0 Å². The van der Waals surface area contributed by atoms with E-state index in [4.69, 9.17) is 15.3 Å².